The SMILES string of the molecule is Cc1c(I)cc(=O)[nH]c1C(F)F. The largest absolute Gasteiger partial charge is 0.321 e. The molecule has 0 radical (unpaired) electrons. The molecular weight excluding hydrogens is 279 g/mol. The van der Waals surface area contributed by atoms with Crippen LogP contribution in [0.1, 0.15) is 17.7 Å². The molecule has 0 saturated carbocycles. The standard InChI is InChI=1S/C7H6F2INO/c1-3-4(10)2-5(12)11-6(3)7(8)9/h2,7H,1H3,(H,11,12). The first-order chi connectivity index (χ1) is 5.52. The third-order valence-corrected chi connectivity index (χ3v) is 2.62. The number of alkyl halides is 2. The topological polar surface area (TPSA) is 32.9 Å². The maximum Gasteiger partial charge on any atom is 0.278 e. The van der Waals surface area contributed by atoms with Gasteiger partial charge in [-0.05, 0) is 35.1 Å². The fourth-order valence-electron chi connectivity index (χ4n) is 0.833. The van der Waals surface area contributed by atoms with E-state index in [2.05, 4.69) is 4.98 Å². The zero-order valence-corrected chi connectivity index (χ0v) is 8.35. The van der Waals surface area contributed by atoms with E-state index in [1.165, 1.54) is 6.07 Å². The van der Waals surface area contributed by atoms with Crippen LogP contribution in [0.25, 0.3) is 0 Å². The van der Waals surface area contributed by atoms with Crippen LogP contribution in [-0.2, 0) is 0 Å². The molecule has 0 aromatic carbocycles. The number of nitrogens with one attached hydrogen (secondary N) is 1. The molecule has 1 aromatic heterocycles. The van der Waals surface area contributed by atoms with Crippen molar-refractivity contribution in [1.82, 2.24) is 4.98 Å². The molecule has 0 aliphatic carbocycles. The highest BCUT2D eigenvalue weighted by Crippen LogP contribution is 2.21. The van der Waals surface area contributed by atoms with E-state index < -0.39 is 12.0 Å². The summed E-state index contributed by atoms with van der Waals surface area (Å²) < 4.78 is 25.0. The molecule has 1 heterocycles. The van der Waals surface area contributed by atoms with Crippen molar-refractivity contribution in [2.24, 2.45) is 0 Å². The molecule has 0 spiro atoms. The van der Waals surface area contributed by atoms with E-state index in [1.807, 2.05) is 22.6 Å². The molecule has 0 bridgehead atoms. The van der Waals surface area contributed by atoms with Crippen molar-refractivity contribution in [3.8, 4) is 0 Å². The Morgan fingerprint density at radius 2 is 2.17 bits per heavy atom. The lowest BCUT2D eigenvalue weighted by Gasteiger charge is -2.04. The fraction of sp³-hybridized carbons (Fsp3) is 0.286. The molecule has 0 unspecified atom stereocenters. The van der Waals surface area contributed by atoms with E-state index in [1.54, 1.807) is 6.92 Å². The molecule has 1 aromatic rings. The second kappa shape index (κ2) is 3.51. The van der Waals surface area contributed by atoms with Crippen LogP contribution in [0.15, 0.2) is 10.9 Å². The van der Waals surface area contributed by atoms with Gasteiger partial charge in [-0.1, -0.05) is 0 Å². The molecule has 0 atom stereocenters. The minimum atomic E-state index is -2.62. The number of aromatic nitrogens is 1. The van der Waals surface area contributed by atoms with Gasteiger partial charge in [0.25, 0.3) is 6.43 Å². The predicted octanol–water partition coefficient (Wildman–Crippen LogP) is 2.23. The Bertz CT molecular complexity index is 348. The van der Waals surface area contributed by atoms with Crippen molar-refractivity contribution in [3.05, 3.63) is 31.2 Å². The molecular formula is C7H6F2INO. The Morgan fingerprint density at radius 3 is 2.67 bits per heavy atom. The molecule has 1 rings (SSSR count). The summed E-state index contributed by atoms with van der Waals surface area (Å²) in [6.45, 7) is 1.55. The van der Waals surface area contributed by atoms with Crippen LogP contribution in [0.5, 0.6) is 0 Å². The van der Waals surface area contributed by atoms with Gasteiger partial charge in [0.2, 0.25) is 5.56 Å². The predicted molar refractivity (Wildman–Crippen MR) is 49.5 cm³/mol. The summed E-state index contributed by atoms with van der Waals surface area (Å²) in [5.41, 5.74) is -0.336. The first kappa shape index (κ1) is 9.63. The number of hydrogen-bond donors (Lipinski definition) is 1. The fourth-order valence-corrected chi connectivity index (χ4v) is 1.41. The molecule has 5 heteroatoms. The van der Waals surface area contributed by atoms with Crippen molar-refractivity contribution >= 4 is 22.6 Å². The Hall–Kier alpha value is -0.460. The smallest absolute Gasteiger partial charge is 0.278 e. The quantitative estimate of drug-likeness (QED) is 0.788. The van der Waals surface area contributed by atoms with Crippen LogP contribution in [0, 0.1) is 10.5 Å². The lowest BCUT2D eigenvalue weighted by atomic mass is 10.2. The van der Waals surface area contributed by atoms with Gasteiger partial charge in [-0.25, -0.2) is 8.78 Å². The van der Waals surface area contributed by atoms with E-state index in [0.29, 0.717) is 9.13 Å². The van der Waals surface area contributed by atoms with Crippen molar-refractivity contribution < 1.29 is 8.78 Å². The van der Waals surface area contributed by atoms with Crippen molar-refractivity contribution in [1.29, 1.82) is 0 Å². The van der Waals surface area contributed by atoms with E-state index in [0.717, 1.165) is 0 Å². The number of rotatable bonds is 1. The van der Waals surface area contributed by atoms with Gasteiger partial charge in [0.1, 0.15) is 0 Å². The number of pyridine rings is 1. The minimum absolute atomic E-state index is 0.285. The summed E-state index contributed by atoms with van der Waals surface area (Å²) >= 11 is 1.86. The Balaban J connectivity index is 3.38. The first-order valence-corrected chi connectivity index (χ1v) is 4.27. The van der Waals surface area contributed by atoms with Crippen LogP contribution < -0.4 is 5.56 Å². The molecule has 0 amide bonds. The lowest BCUT2D eigenvalue weighted by Crippen LogP contribution is -2.11. The van der Waals surface area contributed by atoms with Crippen molar-refractivity contribution in [3.63, 3.8) is 0 Å². The summed E-state index contributed by atoms with van der Waals surface area (Å²) in [5.74, 6) is 0. The summed E-state index contributed by atoms with van der Waals surface area (Å²) in [5, 5.41) is 0. The highest BCUT2D eigenvalue weighted by molar-refractivity contribution is 14.1. The maximum absolute atomic E-state index is 12.2. The molecule has 12 heavy (non-hydrogen) atoms. The second-order valence-electron chi connectivity index (χ2n) is 2.32. The molecule has 2 nitrogen and oxygen atoms in total. The first-order valence-electron chi connectivity index (χ1n) is 3.20. The highest BCUT2D eigenvalue weighted by atomic mass is 127. The minimum Gasteiger partial charge on any atom is -0.321 e. The Kier molecular flexibility index (Phi) is 2.81. The number of aromatic amines is 1. The van der Waals surface area contributed by atoms with Crippen LogP contribution in [0.2, 0.25) is 0 Å². The zero-order valence-electron chi connectivity index (χ0n) is 6.20. The van der Waals surface area contributed by atoms with Gasteiger partial charge in [0.05, 0.1) is 5.69 Å². The van der Waals surface area contributed by atoms with Crippen LogP contribution in [0.4, 0.5) is 8.78 Å². The number of H-pyrrole nitrogens is 1. The van der Waals surface area contributed by atoms with E-state index >= 15 is 0 Å². The van der Waals surface area contributed by atoms with Crippen molar-refractivity contribution in [2.45, 2.75) is 13.3 Å². The van der Waals surface area contributed by atoms with Crippen molar-refractivity contribution in [2.75, 3.05) is 0 Å². The average molecular weight is 285 g/mol. The lowest BCUT2D eigenvalue weighted by molar-refractivity contribution is 0.145. The Labute approximate surface area is 81.1 Å². The van der Waals surface area contributed by atoms with Crippen LogP contribution >= 0.6 is 22.6 Å². The molecule has 0 fully saturated rings. The second-order valence-corrected chi connectivity index (χ2v) is 3.48. The number of hydrogen-bond acceptors (Lipinski definition) is 1. The van der Waals surface area contributed by atoms with Gasteiger partial charge >= 0.3 is 0 Å². The monoisotopic (exact) mass is 285 g/mol. The molecule has 0 aliphatic heterocycles. The summed E-state index contributed by atoms with van der Waals surface area (Å²) in [6.07, 6.45) is -2.62. The van der Waals surface area contributed by atoms with Gasteiger partial charge in [-0.2, -0.15) is 0 Å². The van der Waals surface area contributed by atoms with E-state index in [9.17, 15) is 13.6 Å². The van der Waals surface area contributed by atoms with Gasteiger partial charge in [-0.15, -0.1) is 0 Å². The molecule has 0 aliphatic rings. The van der Waals surface area contributed by atoms with Gasteiger partial charge < -0.3 is 4.98 Å². The highest BCUT2D eigenvalue weighted by Gasteiger charge is 2.13. The average Bonchev–Trinajstić information content (AvgIpc) is 1.96. The zero-order chi connectivity index (χ0) is 9.30. The summed E-state index contributed by atoms with van der Waals surface area (Å²) in [6, 6.07) is 1.29. The normalized spacial score (nSPS) is 10.8. The summed E-state index contributed by atoms with van der Waals surface area (Å²) in [7, 11) is 0. The van der Waals surface area contributed by atoms with Crippen LogP contribution in [-0.4, -0.2) is 4.98 Å². The van der Waals surface area contributed by atoms with Gasteiger partial charge in [-0.3, -0.25) is 4.79 Å². The third kappa shape index (κ3) is 1.82. The van der Waals surface area contributed by atoms with E-state index in [-0.39, 0.29) is 5.69 Å². The molecule has 1 N–H and O–H groups in total. The van der Waals surface area contributed by atoms with Gasteiger partial charge in [0, 0.05) is 9.64 Å². The van der Waals surface area contributed by atoms with E-state index in [4.69, 9.17) is 0 Å². The third-order valence-electron chi connectivity index (χ3n) is 1.50. The number of halogens is 3. The summed E-state index contributed by atoms with van der Waals surface area (Å²) in [4.78, 5) is 12.9. The maximum atomic E-state index is 12.2. The molecule has 66 valence electrons. The molecule has 0 saturated heterocycles. The Morgan fingerprint density at radius 1 is 1.58 bits per heavy atom. The van der Waals surface area contributed by atoms with Crippen LogP contribution in [0.3, 0.4) is 0 Å². The van der Waals surface area contributed by atoms with Gasteiger partial charge in [0.15, 0.2) is 0 Å².